The molecule has 3 aromatic rings. The summed E-state index contributed by atoms with van der Waals surface area (Å²) in [4.78, 5) is 0. The first-order chi connectivity index (χ1) is 12.8. The smallest absolute Gasteiger partial charge is 0.0986 e. The van der Waals surface area contributed by atoms with E-state index in [2.05, 4.69) is 96.1 Å². The van der Waals surface area contributed by atoms with Crippen molar-refractivity contribution < 1.29 is 0 Å². The topological polar surface area (TPSA) is 27.6 Å². The third-order valence-electron chi connectivity index (χ3n) is 4.91. The molecule has 3 nitrogen and oxygen atoms in total. The SMILES string of the molecule is CNC1C(c2ccc(C)cc2)=NN(c2ccccc2)C1c1ccccc1. The predicted octanol–water partition coefficient (Wildman–Crippen LogP) is 4.55. The second-order valence-electron chi connectivity index (χ2n) is 6.65. The summed E-state index contributed by atoms with van der Waals surface area (Å²) >= 11 is 0. The van der Waals surface area contributed by atoms with Crippen LogP contribution in [0.2, 0.25) is 0 Å². The maximum absolute atomic E-state index is 5.06. The Balaban J connectivity index is 1.83. The Morgan fingerprint density at radius 2 is 1.42 bits per heavy atom. The minimum absolute atomic E-state index is 0.111. The highest BCUT2D eigenvalue weighted by molar-refractivity contribution is 6.07. The molecular formula is C23H23N3. The molecule has 3 heteroatoms. The highest BCUT2D eigenvalue weighted by atomic mass is 15.5. The lowest BCUT2D eigenvalue weighted by atomic mass is 9.93. The first-order valence-corrected chi connectivity index (χ1v) is 9.00. The van der Waals surface area contributed by atoms with Gasteiger partial charge in [0.2, 0.25) is 0 Å². The van der Waals surface area contributed by atoms with Crippen LogP contribution in [-0.4, -0.2) is 18.8 Å². The summed E-state index contributed by atoms with van der Waals surface area (Å²) in [5, 5.41) is 10.7. The average molecular weight is 341 g/mol. The molecule has 4 rings (SSSR count). The molecule has 1 heterocycles. The Hall–Kier alpha value is -2.91. The van der Waals surface area contributed by atoms with Crippen LogP contribution in [0.3, 0.4) is 0 Å². The van der Waals surface area contributed by atoms with Crippen LogP contribution in [0.1, 0.15) is 22.7 Å². The van der Waals surface area contributed by atoms with Crippen LogP contribution in [0.4, 0.5) is 5.69 Å². The summed E-state index contributed by atoms with van der Waals surface area (Å²) in [5.74, 6) is 0. The van der Waals surface area contributed by atoms with E-state index < -0.39 is 0 Å². The molecule has 1 aliphatic rings. The molecule has 26 heavy (non-hydrogen) atoms. The van der Waals surface area contributed by atoms with Crippen molar-refractivity contribution in [3.8, 4) is 0 Å². The number of hydrogen-bond donors (Lipinski definition) is 1. The second kappa shape index (κ2) is 7.14. The fourth-order valence-electron chi connectivity index (χ4n) is 3.57. The number of rotatable bonds is 4. The van der Waals surface area contributed by atoms with E-state index in [9.17, 15) is 0 Å². The standard InChI is InChI=1S/C23H23N3/c1-17-13-15-18(16-14-17)21-22(24-2)23(19-9-5-3-6-10-19)26(25-21)20-11-7-4-8-12-20/h3-16,22-24H,1-2H3. The van der Waals surface area contributed by atoms with Crippen LogP contribution in [0, 0.1) is 6.92 Å². The molecule has 0 saturated carbocycles. The molecule has 0 fully saturated rings. The fraction of sp³-hybridized carbons (Fsp3) is 0.174. The molecule has 0 radical (unpaired) electrons. The van der Waals surface area contributed by atoms with Crippen LogP contribution >= 0.6 is 0 Å². The van der Waals surface area contributed by atoms with E-state index in [1.807, 2.05) is 13.1 Å². The van der Waals surface area contributed by atoms with Crippen molar-refractivity contribution in [3.05, 3.63) is 102 Å². The van der Waals surface area contributed by atoms with Crippen molar-refractivity contribution in [2.24, 2.45) is 5.10 Å². The third-order valence-corrected chi connectivity index (χ3v) is 4.91. The van der Waals surface area contributed by atoms with E-state index >= 15 is 0 Å². The van der Waals surface area contributed by atoms with Crippen molar-refractivity contribution in [1.82, 2.24) is 5.32 Å². The molecule has 0 saturated heterocycles. The predicted molar refractivity (Wildman–Crippen MR) is 109 cm³/mol. The van der Waals surface area contributed by atoms with E-state index in [1.54, 1.807) is 0 Å². The number of likely N-dealkylation sites (N-methyl/N-ethyl adjacent to an activating group) is 1. The molecule has 0 spiro atoms. The second-order valence-corrected chi connectivity index (χ2v) is 6.65. The van der Waals surface area contributed by atoms with Gasteiger partial charge in [-0.15, -0.1) is 0 Å². The lowest BCUT2D eigenvalue weighted by Gasteiger charge is -2.28. The molecule has 3 aromatic carbocycles. The summed E-state index contributed by atoms with van der Waals surface area (Å²) in [6.45, 7) is 2.11. The van der Waals surface area contributed by atoms with Crippen molar-refractivity contribution in [3.63, 3.8) is 0 Å². The molecule has 1 N–H and O–H groups in total. The maximum Gasteiger partial charge on any atom is 0.0986 e. The van der Waals surface area contributed by atoms with Gasteiger partial charge in [0.1, 0.15) is 0 Å². The van der Waals surface area contributed by atoms with Crippen molar-refractivity contribution >= 4 is 11.4 Å². The van der Waals surface area contributed by atoms with Gasteiger partial charge in [-0.1, -0.05) is 78.4 Å². The Morgan fingerprint density at radius 1 is 0.808 bits per heavy atom. The van der Waals surface area contributed by atoms with Crippen LogP contribution in [0.5, 0.6) is 0 Å². The minimum Gasteiger partial charge on any atom is -0.310 e. The normalized spacial score (nSPS) is 19.5. The molecule has 2 atom stereocenters. The van der Waals surface area contributed by atoms with Crippen molar-refractivity contribution in [2.75, 3.05) is 12.1 Å². The van der Waals surface area contributed by atoms with E-state index in [4.69, 9.17) is 5.10 Å². The van der Waals surface area contributed by atoms with Gasteiger partial charge in [0.15, 0.2) is 0 Å². The Morgan fingerprint density at radius 3 is 2.04 bits per heavy atom. The molecule has 0 bridgehead atoms. The number of nitrogens with zero attached hydrogens (tertiary/aromatic N) is 2. The van der Waals surface area contributed by atoms with Gasteiger partial charge in [-0.2, -0.15) is 5.10 Å². The van der Waals surface area contributed by atoms with Crippen molar-refractivity contribution in [1.29, 1.82) is 0 Å². The Labute approximate surface area is 155 Å². The molecule has 0 aromatic heterocycles. The minimum atomic E-state index is 0.111. The molecule has 2 unspecified atom stereocenters. The monoisotopic (exact) mass is 341 g/mol. The molecule has 0 amide bonds. The average Bonchev–Trinajstić information content (AvgIpc) is 3.09. The van der Waals surface area contributed by atoms with Gasteiger partial charge < -0.3 is 5.32 Å². The van der Waals surface area contributed by atoms with Crippen LogP contribution < -0.4 is 10.3 Å². The summed E-state index contributed by atoms with van der Waals surface area (Å²) in [6, 6.07) is 29.8. The molecule has 130 valence electrons. The third kappa shape index (κ3) is 3.02. The van der Waals surface area contributed by atoms with Gasteiger partial charge in [0, 0.05) is 0 Å². The zero-order valence-electron chi connectivity index (χ0n) is 15.1. The van der Waals surface area contributed by atoms with Gasteiger partial charge in [0.25, 0.3) is 0 Å². The zero-order valence-corrected chi connectivity index (χ0v) is 15.1. The van der Waals surface area contributed by atoms with E-state index in [1.165, 1.54) is 11.1 Å². The first-order valence-electron chi connectivity index (χ1n) is 9.00. The number of hydrazone groups is 1. The number of anilines is 1. The highest BCUT2D eigenvalue weighted by Crippen LogP contribution is 2.36. The number of hydrogen-bond acceptors (Lipinski definition) is 3. The van der Waals surface area contributed by atoms with Gasteiger partial charge in [0.05, 0.1) is 23.5 Å². The molecule has 1 aliphatic heterocycles. The fourth-order valence-corrected chi connectivity index (χ4v) is 3.57. The van der Waals surface area contributed by atoms with Gasteiger partial charge in [-0.3, -0.25) is 5.01 Å². The Bertz CT molecular complexity index is 886. The van der Waals surface area contributed by atoms with E-state index in [0.717, 1.165) is 17.0 Å². The Kier molecular flexibility index (Phi) is 4.55. The highest BCUT2D eigenvalue weighted by Gasteiger charge is 2.38. The largest absolute Gasteiger partial charge is 0.310 e. The molecule has 0 aliphatic carbocycles. The van der Waals surface area contributed by atoms with Gasteiger partial charge >= 0.3 is 0 Å². The van der Waals surface area contributed by atoms with Crippen LogP contribution in [0.15, 0.2) is 90.0 Å². The van der Waals surface area contributed by atoms with Gasteiger partial charge in [-0.05, 0) is 37.2 Å². The zero-order chi connectivity index (χ0) is 17.9. The van der Waals surface area contributed by atoms with E-state index in [-0.39, 0.29) is 12.1 Å². The van der Waals surface area contributed by atoms with Crippen molar-refractivity contribution in [2.45, 2.75) is 19.0 Å². The van der Waals surface area contributed by atoms with E-state index in [0.29, 0.717) is 0 Å². The van der Waals surface area contributed by atoms with Crippen LogP contribution in [-0.2, 0) is 0 Å². The van der Waals surface area contributed by atoms with Crippen LogP contribution in [0.25, 0.3) is 0 Å². The number of para-hydroxylation sites is 1. The first kappa shape index (κ1) is 16.6. The number of aryl methyl sites for hydroxylation is 1. The van der Waals surface area contributed by atoms with Gasteiger partial charge in [-0.25, -0.2) is 0 Å². The number of benzene rings is 3. The molecular weight excluding hydrogens is 318 g/mol. The number of nitrogens with one attached hydrogen (secondary N) is 1. The summed E-state index contributed by atoms with van der Waals surface area (Å²) in [5.41, 5.74) is 5.85. The summed E-state index contributed by atoms with van der Waals surface area (Å²) < 4.78 is 0. The quantitative estimate of drug-likeness (QED) is 0.754. The summed E-state index contributed by atoms with van der Waals surface area (Å²) in [7, 11) is 2.01. The summed E-state index contributed by atoms with van der Waals surface area (Å²) in [6.07, 6.45) is 0. The maximum atomic E-state index is 5.06. The lowest BCUT2D eigenvalue weighted by molar-refractivity contribution is 0.572. The lowest BCUT2D eigenvalue weighted by Crippen LogP contribution is -2.39.